The first-order valence-electron chi connectivity index (χ1n) is 9.26. The summed E-state index contributed by atoms with van der Waals surface area (Å²) in [4.78, 5) is 18.9. The number of likely N-dealkylation sites (tertiary alicyclic amines) is 1. The summed E-state index contributed by atoms with van der Waals surface area (Å²) in [6, 6.07) is 4.55. The van der Waals surface area contributed by atoms with Gasteiger partial charge < -0.3 is 19.8 Å². The van der Waals surface area contributed by atoms with Crippen LogP contribution in [0.2, 0.25) is 0 Å². The van der Waals surface area contributed by atoms with Crippen molar-refractivity contribution in [2.24, 2.45) is 11.8 Å². The zero-order chi connectivity index (χ0) is 19.6. The van der Waals surface area contributed by atoms with Crippen molar-refractivity contribution < 1.29 is 23.1 Å². The molecule has 0 saturated carbocycles. The molecule has 150 valence electrons. The summed E-state index contributed by atoms with van der Waals surface area (Å²) in [6.07, 6.45) is -4.47. The molecule has 1 aromatic carbocycles. The Morgan fingerprint density at radius 1 is 1.15 bits per heavy atom. The number of carbonyl (C=O) groups excluding carboxylic acids is 1. The zero-order valence-electron chi connectivity index (χ0n) is 15.5. The van der Waals surface area contributed by atoms with E-state index in [1.807, 2.05) is 0 Å². The highest BCUT2D eigenvalue weighted by Gasteiger charge is 2.37. The van der Waals surface area contributed by atoms with Crippen molar-refractivity contribution in [3.05, 3.63) is 35.4 Å². The van der Waals surface area contributed by atoms with Crippen LogP contribution >= 0.6 is 0 Å². The predicted molar refractivity (Wildman–Crippen MR) is 95.4 cm³/mol. The fraction of sp³-hybridized carbons (Fsp3) is 0.632. The van der Waals surface area contributed by atoms with Gasteiger partial charge in [-0.3, -0.25) is 4.79 Å². The Morgan fingerprint density at radius 2 is 1.81 bits per heavy atom. The van der Waals surface area contributed by atoms with Crippen molar-refractivity contribution in [1.29, 1.82) is 0 Å². The van der Waals surface area contributed by atoms with Crippen molar-refractivity contribution in [1.82, 2.24) is 14.7 Å². The van der Waals surface area contributed by atoms with Crippen molar-refractivity contribution in [2.75, 3.05) is 59.5 Å². The van der Waals surface area contributed by atoms with Crippen LogP contribution in [-0.2, 0) is 6.18 Å². The molecule has 5 nitrogen and oxygen atoms in total. The van der Waals surface area contributed by atoms with Gasteiger partial charge in [-0.2, -0.15) is 13.2 Å². The summed E-state index contributed by atoms with van der Waals surface area (Å²) < 4.78 is 38.7. The minimum atomic E-state index is -4.47. The maximum absolute atomic E-state index is 12.9. The molecular formula is C19H26F3N3O2. The second kappa shape index (κ2) is 8.16. The third-order valence-electron chi connectivity index (χ3n) is 5.62. The van der Waals surface area contributed by atoms with Crippen molar-refractivity contribution in [3.63, 3.8) is 0 Å². The van der Waals surface area contributed by atoms with Crippen molar-refractivity contribution >= 4 is 5.91 Å². The number of aliphatic hydroxyl groups is 1. The lowest BCUT2D eigenvalue weighted by Crippen LogP contribution is -2.47. The summed E-state index contributed by atoms with van der Waals surface area (Å²) in [6.45, 7) is 5.50. The van der Waals surface area contributed by atoms with E-state index in [1.54, 1.807) is 4.90 Å². The number of aliphatic hydroxyl groups excluding tert-OH is 1. The fourth-order valence-electron chi connectivity index (χ4n) is 3.89. The van der Waals surface area contributed by atoms with Crippen molar-refractivity contribution in [2.45, 2.75) is 6.18 Å². The summed E-state index contributed by atoms with van der Waals surface area (Å²) >= 11 is 0. The van der Waals surface area contributed by atoms with Crippen LogP contribution in [0.5, 0.6) is 0 Å². The summed E-state index contributed by atoms with van der Waals surface area (Å²) in [5, 5.41) is 9.72. The van der Waals surface area contributed by atoms with Crippen LogP contribution in [0.3, 0.4) is 0 Å². The van der Waals surface area contributed by atoms with Crippen molar-refractivity contribution in [3.8, 4) is 0 Å². The van der Waals surface area contributed by atoms with Gasteiger partial charge in [0.05, 0.1) is 5.56 Å². The molecule has 0 aromatic heterocycles. The number of carbonyl (C=O) groups is 1. The van der Waals surface area contributed by atoms with Gasteiger partial charge in [-0.25, -0.2) is 0 Å². The van der Waals surface area contributed by atoms with Gasteiger partial charge in [-0.05, 0) is 31.2 Å². The molecule has 2 aliphatic heterocycles. The Kier molecular flexibility index (Phi) is 6.08. The standard InChI is InChI=1S/C19H26F3N3O2/c1-23-5-7-24(8-6-23)10-15-11-25(12-16(15)13-26)18(27)14-3-2-4-17(9-14)19(20,21)22/h2-4,9,15-16,26H,5-8,10-13H2,1H3. The molecular weight excluding hydrogens is 359 g/mol. The third-order valence-corrected chi connectivity index (χ3v) is 5.62. The molecule has 0 radical (unpaired) electrons. The van der Waals surface area contributed by atoms with Crippen LogP contribution in [0.4, 0.5) is 13.2 Å². The van der Waals surface area contributed by atoms with E-state index in [9.17, 15) is 23.1 Å². The molecule has 2 atom stereocenters. The van der Waals surface area contributed by atoms with E-state index in [-0.39, 0.29) is 24.0 Å². The summed E-state index contributed by atoms with van der Waals surface area (Å²) in [5.41, 5.74) is -0.776. The molecule has 1 aromatic rings. The number of halogens is 3. The first-order chi connectivity index (χ1) is 12.8. The van der Waals surface area contributed by atoms with Gasteiger partial charge in [-0.15, -0.1) is 0 Å². The van der Waals surface area contributed by atoms with E-state index in [0.29, 0.717) is 13.1 Å². The van der Waals surface area contributed by atoms with Gasteiger partial charge in [0.2, 0.25) is 0 Å². The Hall–Kier alpha value is -1.64. The highest BCUT2D eigenvalue weighted by atomic mass is 19.4. The highest BCUT2D eigenvalue weighted by molar-refractivity contribution is 5.94. The third kappa shape index (κ3) is 4.80. The minimum Gasteiger partial charge on any atom is -0.396 e. The van der Waals surface area contributed by atoms with Crippen LogP contribution in [0.15, 0.2) is 24.3 Å². The fourth-order valence-corrected chi connectivity index (χ4v) is 3.89. The Balaban J connectivity index is 1.66. The monoisotopic (exact) mass is 385 g/mol. The van der Waals surface area contributed by atoms with Crippen LogP contribution in [-0.4, -0.2) is 85.2 Å². The number of hydrogen-bond donors (Lipinski definition) is 1. The molecule has 1 amide bonds. The Bertz CT molecular complexity index is 660. The molecule has 27 heavy (non-hydrogen) atoms. The van der Waals surface area contributed by atoms with E-state index in [0.717, 1.165) is 44.9 Å². The van der Waals surface area contributed by atoms with Crippen LogP contribution in [0.25, 0.3) is 0 Å². The molecule has 0 bridgehead atoms. The number of nitrogens with zero attached hydrogens (tertiary/aromatic N) is 3. The predicted octanol–water partition coefficient (Wildman–Crippen LogP) is 1.63. The van der Waals surface area contributed by atoms with E-state index in [4.69, 9.17) is 0 Å². The molecule has 8 heteroatoms. The number of likely N-dealkylation sites (N-methyl/N-ethyl adjacent to an activating group) is 1. The van der Waals surface area contributed by atoms with E-state index in [1.165, 1.54) is 12.1 Å². The number of piperazine rings is 1. The van der Waals surface area contributed by atoms with Gasteiger partial charge in [0.15, 0.2) is 0 Å². The first kappa shape index (κ1) is 20.1. The minimum absolute atomic E-state index is 0.0230. The molecule has 2 fully saturated rings. The van der Waals surface area contributed by atoms with Gasteiger partial charge in [0.25, 0.3) is 5.91 Å². The van der Waals surface area contributed by atoms with E-state index in [2.05, 4.69) is 16.8 Å². The topological polar surface area (TPSA) is 47.0 Å². The number of hydrogen-bond acceptors (Lipinski definition) is 4. The SMILES string of the molecule is CN1CCN(CC2CN(C(=O)c3cccc(C(F)(F)F)c3)CC2CO)CC1. The quantitative estimate of drug-likeness (QED) is 0.856. The van der Waals surface area contributed by atoms with Crippen LogP contribution < -0.4 is 0 Å². The van der Waals surface area contributed by atoms with Crippen LogP contribution in [0.1, 0.15) is 15.9 Å². The molecule has 2 aliphatic rings. The lowest BCUT2D eigenvalue weighted by Gasteiger charge is -2.34. The summed E-state index contributed by atoms with van der Waals surface area (Å²) in [7, 11) is 2.08. The molecule has 2 unspecified atom stereocenters. The van der Waals surface area contributed by atoms with Gasteiger partial charge in [0.1, 0.15) is 0 Å². The van der Waals surface area contributed by atoms with Crippen LogP contribution in [0, 0.1) is 11.8 Å². The second-order valence-electron chi connectivity index (χ2n) is 7.60. The average Bonchev–Trinajstić information content (AvgIpc) is 3.05. The second-order valence-corrected chi connectivity index (χ2v) is 7.60. The maximum atomic E-state index is 12.9. The summed E-state index contributed by atoms with van der Waals surface area (Å²) in [5.74, 6) is -0.312. The molecule has 0 aliphatic carbocycles. The molecule has 1 N–H and O–H groups in total. The lowest BCUT2D eigenvalue weighted by molar-refractivity contribution is -0.137. The largest absolute Gasteiger partial charge is 0.416 e. The molecule has 2 saturated heterocycles. The molecule has 3 rings (SSSR count). The Morgan fingerprint density at radius 3 is 2.44 bits per heavy atom. The lowest BCUT2D eigenvalue weighted by atomic mass is 9.96. The molecule has 2 heterocycles. The highest BCUT2D eigenvalue weighted by Crippen LogP contribution is 2.31. The van der Waals surface area contributed by atoms with E-state index < -0.39 is 17.6 Å². The number of benzene rings is 1. The Labute approximate surface area is 157 Å². The number of rotatable bonds is 4. The van der Waals surface area contributed by atoms with Gasteiger partial charge in [0, 0.05) is 63.9 Å². The smallest absolute Gasteiger partial charge is 0.396 e. The first-order valence-corrected chi connectivity index (χ1v) is 9.26. The van der Waals surface area contributed by atoms with Gasteiger partial charge >= 0.3 is 6.18 Å². The average molecular weight is 385 g/mol. The number of alkyl halides is 3. The maximum Gasteiger partial charge on any atom is 0.416 e. The van der Waals surface area contributed by atoms with E-state index >= 15 is 0 Å². The number of amides is 1. The molecule has 0 spiro atoms. The van der Waals surface area contributed by atoms with Gasteiger partial charge in [-0.1, -0.05) is 6.07 Å². The zero-order valence-corrected chi connectivity index (χ0v) is 15.5. The normalized spacial score (nSPS) is 25.1.